The molecule has 2 heterocycles. The van der Waals surface area contributed by atoms with Crippen molar-refractivity contribution in [2.45, 2.75) is 44.5 Å². The molecule has 1 unspecified atom stereocenters. The van der Waals surface area contributed by atoms with Gasteiger partial charge in [-0.25, -0.2) is 0 Å². The fraction of sp³-hybridized carbons (Fsp3) is 0.333. The SMILES string of the molecule is CCn1c(SCC(=O)OC(C)C(=O)N2CCCc3ccccc32)nnc1-c1ccc(Cl)cc1. The van der Waals surface area contributed by atoms with E-state index in [1.807, 2.05) is 47.9 Å². The molecule has 0 N–H and O–H groups in total. The summed E-state index contributed by atoms with van der Waals surface area (Å²) in [7, 11) is 0. The zero-order valence-corrected chi connectivity index (χ0v) is 20.1. The standard InChI is InChI=1S/C24H25ClN4O3S/c1-3-28-22(18-10-12-19(25)13-11-18)26-27-24(28)33-15-21(30)32-16(2)23(31)29-14-6-8-17-7-4-5-9-20(17)29/h4-5,7,9-13,16H,3,6,8,14-15H2,1-2H3. The summed E-state index contributed by atoms with van der Waals surface area (Å²) in [5, 5.41) is 9.77. The molecule has 1 aliphatic heterocycles. The third-order valence-corrected chi connectivity index (χ3v) is 6.68. The third kappa shape index (κ3) is 5.23. The maximum atomic E-state index is 13.0. The molecule has 172 valence electrons. The smallest absolute Gasteiger partial charge is 0.317 e. The van der Waals surface area contributed by atoms with Gasteiger partial charge in [-0.1, -0.05) is 41.6 Å². The van der Waals surface area contributed by atoms with Crippen molar-refractivity contribution < 1.29 is 14.3 Å². The molecule has 1 atom stereocenters. The third-order valence-electron chi connectivity index (χ3n) is 5.49. The van der Waals surface area contributed by atoms with Crippen LogP contribution in [0.4, 0.5) is 5.69 Å². The van der Waals surface area contributed by atoms with Gasteiger partial charge in [0.25, 0.3) is 5.91 Å². The van der Waals surface area contributed by atoms with Crippen LogP contribution in [-0.2, 0) is 27.3 Å². The number of fused-ring (bicyclic) bond motifs is 1. The van der Waals surface area contributed by atoms with Crippen LogP contribution in [0.3, 0.4) is 0 Å². The number of nitrogens with zero attached hydrogens (tertiary/aromatic N) is 4. The number of amides is 1. The molecule has 0 fully saturated rings. The van der Waals surface area contributed by atoms with E-state index >= 15 is 0 Å². The van der Waals surface area contributed by atoms with Crippen LogP contribution in [0.1, 0.15) is 25.8 Å². The van der Waals surface area contributed by atoms with Gasteiger partial charge >= 0.3 is 5.97 Å². The van der Waals surface area contributed by atoms with Crippen LogP contribution in [0, 0.1) is 0 Å². The van der Waals surface area contributed by atoms with Crippen molar-refractivity contribution in [3.8, 4) is 11.4 Å². The number of para-hydroxylation sites is 1. The van der Waals surface area contributed by atoms with E-state index in [9.17, 15) is 9.59 Å². The van der Waals surface area contributed by atoms with Gasteiger partial charge in [-0.05, 0) is 62.6 Å². The minimum Gasteiger partial charge on any atom is -0.452 e. The Hall–Kier alpha value is -2.84. The molecule has 1 aliphatic rings. The second-order valence-electron chi connectivity index (χ2n) is 7.70. The van der Waals surface area contributed by atoms with Crippen LogP contribution in [0.25, 0.3) is 11.4 Å². The van der Waals surface area contributed by atoms with Crippen LogP contribution in [0.5, 0.6) is 0 Å². The van der Waals surface area contributed by atoms with Crippen LogP contribution in [-0.4, -0.2) is 45.0 Å². The highest BCUT2D eigenvalue weighted by molar-refractivity contribution is 7.99. The van der Waals surface area contributed by atoms with Crippen LogP contribution in [0.2, 0.25) is 5.02 Å². The van der Waals surface area contributed by atoms with E-state index in [-0.39, 0.29) is 11.7 Å². The topological polar surface area (TPSA) is 77.3 Å². The lowest BCUT2D eigenvalue weighted by Gasteiger charge is -2.31. The van der Waals surface area contributed by atoms with Crippen LogP contribution in [0.15, 0.2) is 53.7 Å². The van der Waals surface area contributed by atoms with Crippen molar-refractivity contribution in [3.05, 3.63) is 59.1 Å². The summed E-state index contributed by atoms with van der Waals surface area (Å²) in [5.41, 5.74) is 2.93. The van der Waals surface area contributed by atoms with E-state index in [0.29, 0.717) is 29.1 Å². The zero-order valence-electron chi connectivity index (χ0n) is 18.5. The molecule has 33 heavy (non-hydrogen) atoms. The predicted molar refractivity (Wildman–Crippen MR) is 130 cm³/mol. The van der Waals surface area contributed by atoms with Gasteiger partial charge in [-0.2, -0.15) is 0 Å². The minimum absolute atomic E-state index is 0.0347. The molecule has 2 aromatic carbocycles. The number of esters is 1. The average Bonchev–Trinajstić information content (AvgIpc) is 3.25. The maximum Gasteiger partial charge on any atom is 0.317 e. The summed E-state index contributed by atoms with van der Waals surface area (Å²) in [4.78, 5) is 27.2. The van der Waals surface area contributed by atoms with E-state index in [0.717, 1.165) is 29.7 Å². The fourth-order valence-corrected chi connectivity index (χ4v) is 4.79. The van der Waals surface area contributed by atoms with Gasteiger partial charge in [0.15, 0.2) is 17.1 Å². The summed E-state index contributed by atoms with van der Waals surface area (Å²) in [5.74, 6) is 0.0666. The van der Waals surface area contributed by atoms with Gasteiger partial charge in [-0.15, -0.1) is 10.2 Å². The number of aromatic nitrogens is 3. The highest BCUT2D eigenvalue weighted by Crippen LogP contribution is 2.28. The summed E-state index contributed by atoms with van der Waals surface area (Å²) >= 11 is 7.22. The van der Waals surface area contributed by atoms with Crippen LogP contribution >= 0.6 is 23.4 Å². The number of hydrogen-bond donors (Lipinski definition) is 0. The van der Waals surface area contributed by atoms with Gasteiger partial charge in [0.1, 0.15) is 0 Å². The Bertz CT molecular complexity index is 1150. The Morgan fingerprint density at radius 3 is 2.67 bits per heavy atom. The van der Waals surface area contributed by atoms with Gasteiger partial charge in [0.05, 0.1) is 5.75 Å². The number of rotatable bonds is 7. The van der Waals surface area contributed by atoms with Crippen molar-refractivity contribution in [3.63, 3.8) is 0 Å². The van der Waals surface area contributed by atoms with Gasteiger partial charge < -0.3 is 14.2 Å². The predicted octanol–water partition coefficient (Wildman–Crippen LogP) is 4.62. The lowest BCUT2D eigenvalue weighted by atomic mass is 10.0. The number of carbonyl (C=O) groups excluding carboxylic acids is 2. The van der Waals surface area contributed by atoms with E-state index < -0.39 is 12.1 Å². The maximum absolute atomic E-state index is 13.0. The number of thioether (sulfide) groups is 1. The molecule has 1 amide bonds. The quantitative estimate of drug-likeness (QED) is 0.359. The highest BCUT2D eigenvalue weighted by Gasteiger charge is 2.28. The van der Waals surface area contributed by atoms with Crippen molar-refractivity contribution in [1.82, 2.24) is 14.8 Å². The molecule has 0 spiro atoms. The second-order valence-corrected chi connectivity index (χ2v) is 9.08. The molecule has 0 aliphatic carbocycles. The summed E-state index contributed by atoms with van der Waals surface area (Å²) < 4.78 is 7.39. The van der Waals surface area contributed by atoms with Crippen molar-refractivity contribution in [1.29, 1.82) is 0 Å². The number of halogens is 1. The zero-order chi connectivity index (χ0) is 23.4. The molecule has 7 nitrogen and oxygen atoms in total. The second kappa shape index (κ2) is 10.4. The van der Waals surface area contributed by atoms with Gasteiger partial charge in [0, 0.05) is 29.4 Å². The number of ether oxygens (including phenoxy) is 1. The average molecular weight is 485 g/mol. The first-order valence-corrected chi connectivity index (χ1v) is 12.2. The first kappa shape index (κ1) is 23.3. The summed E-state index contributed by atoms with van der Waals surface area (Å²) in [6.45, 7) is 4.88. The number of hydrogen-bond acceptors (Lipinski definition) is 6. The van der Waals surface area contributed by atoms with Gasteiger partial charge in [0.2, 0.25) is 0 Å². The van der Waals surface area contributed by atoms with Gasteiger partial charge in [-0.3, -0.25) is 9.59 Å². The number of carbonyl (C=O) groups is 2. The normalized spacial score (nSPS) is 14.0. The van der Waals surface area contributed by atoms with E-state index in [1.54, 1.807) is 24.0 Å². The molecule has 1 aromatic heterocycles. The molecular weight excluding hydrogens is 460 g/mol. The monoisotopic (exact) mass is 484 g/mol. The Balaban J connectivity index is 1.37. The fourth-order valence-electron chi connectivity index (χ4n) is 3.88. The van der Waals surface area contributed by atoms with Crippen LogP contribution < -0.4 is 4.90 Å². The number of aryl methyl sites for hydroxylation is 1. The molecule has 3 aromatic rings. The molecule has 0 saturated heterocycles. The molecule has 9 heteroatoms. The van der Waals surface area contributed by atoms with Crippen molar-refractivity contribution in [2.24, 2.45) is 0 Å². The largest absolute Gasteiger partial charge is 0.452 e. The molecule has 4 rings (SSSR count). The summed E-state index contributed by atoms with van der Waals surface area (Å²) in [6.07, 6.45) is 0.973. The van der Waals surface area contributed by atoms with E-state index in [4.69, 9.17) is 16.3 Å². The first-order valence-electron chi connectivity index (χ1n) is 10.9. The first-order chi connectivity index (χ1) is 16.0. The van der Waals surface area contributed by atoms with Crippen molar-refractivity contribution >= 4 is 40.9 Å². The molecule has 0 bridgehead atoms. The lowest BCUT2D eigenvalue weighted by molar-refractivity contribution is -0.151. The van der Waals surface area contributed by atoms with Crippen molar-refractivity contribution in [2.75, 3.05) is 17.2 Å². The Labute approximate surface area is 202 Å². The molecular formula is C24H25ClN4O3S. The minimum atomic E-state index is -0.863. The highest BCUT2D eigenvalue weighted by atomic mass is 35.5. The number of anilines is 1. The molecule has 0 saturated carbocycles. The lowest BCUT2D eigenvalue weighted by Crippen LogP contribution is -2.43. The Morgan fingerprint density at radius 1 is 1.15 bits per heavy atom. The Morgan fingerprint density at radius 2 is 1.91 bits per heavy atom. The summed E-state index contributed by atoms with van der Waals surface area (Å²) in [6, 6.07) is 15.2. The number of benzene rings is 2. The Kier molecular flexibility index (Phi) is 7.35. The van der Waals surface area contributed by atoms with E-state index in [1.165, 1.54) is 11.8 Å². The van der Waals surface area contributed by atoms with E-state index in [2.05, 4.69) is 10.2 Å². The molecule has 0 radical (unpaired) electrons.